The lowest BCUT2D eigenvalue weighted by atomic mass is 9.77. The predicted octanol–water partition coefficient (Wildman–Crippen LogP) is 0.758. The van der Waals surface area contributed by atoms with Crippen LogP contribution in [0.15, 0.2) is 12.2 Å². The molecule has 122 valence electrons. The number of likely N-dealkylation sites (tertiary alicyclic amines) is 1. The molecule has 0 aliphatic carbocycles. The number of hydrogen-bond donors (Lipinski definition) is 0. The summed E-state index contributed by atoms with van der Waals surface area (Å²) >= 11 is 0. The number of rotatable bonds is 7. The van der Waals surface area contributed by atoms with E-state index in [-0.39, 0.29) is 18.0 Å². The molecule has 0 aromatic heterocycles. The Kier molecular flexibility index (Phi) is 4.23. The maximum absolute atomic E-state index is 12.7. The van der Waals surface area contributed by atoms with Crippen LogP contribution in [-0.2, 0) is 23.8 Å². The van der Waals surface area contributed by atoms with Crippen LogP contribution in [-0.4, -0.2) is 61.9 Å². The molecule has 0 aromatic rings. The molecule has 1 spiro atoms. The van der Waals surface area contributed by atoms with E-state index in [9.17, 15) is 9.59 Å². The van der Waals surface area contributed by atoms with E-state index in [0.717, 1.165) is 12.8 Å². The Labute approximate surface area is 130 Å². The normalized spacial score (nSPS) is 35.3. The summed E-state index contributed by atoms with van der Waals surface area (Å²) in [6, 6.07) is 0. The van der Waals surface area contributed by atoms with Gasteiger partial charge in [-0.15, -0.1) is 0 Å². The van der Waals surface area contributed by atoms with Crippen molar-refractivity contribution in [2.24, 2.45) is 11.8 Å². The standard InChI is InChI=1S/C16H23NO5/c1-3-8-21-15(19)12-11-5-6-16(22-11)10-17(7-4-9-20-2)14(18)13(12)16/h5-6,11-13H,3-4,7-10H2,1-2H3/t11-,12+,13+,16-/m1/s1. The van der Waals surface area contributed by atoms with Crippen LogP contribution in [0.3, 0.4) is 0 Å². The van der Waals surface area contributed by atoms with Crippen molar-refractivity contribution in [3.63, 3.8) is 0 Å². The summed E-state index contributed by atoms with van der Waals surface area (Å²) in [6.07, 6.45) is 5.09. The molecular weight excluding hydrogens is 286 g/mol. The maximum Gasteiger partial charge on any atom is 0.312 e. The van der Waals surface area contributed by atoms with Crippen molar-refractivity contribution >= 4 is 11.9 Å². The number of ether oxygens (including phenoxy) is 3. The molecule has 0 N–H and O–H groups in total. The van der Waals surface area contributed by atoms with Gasteiger partial charge < -0.3 is 19.1 Å². The minimum absolute atomic E-state index is 0.00130. The number of fused-ring (bicyclic) bond motifs is 1. The molecule has 3 aliphatic rings. The second kappa shape index (κ2) is 6.01. The van der Waals surface area contributed by atoms with E-state index in [1.54, 1.807) is 12.0 Å². The van der Waals surface area contributed by atoms with E-state index < -0.39 is 17.4 Å². The van der Waals surface area contributed by atoms with Crippen LogP contribution in [0, 0.1) is 11.8 Å². The number of amides is 1. The van der Waals surface area contributed by atoms with Gasteiger partial charge in [-0.25, -0.2) is 0 Å². The van der Waals surface area contributed by atoms with E-state index in [1.807, 2.05) is 19.1 Å². The fourth-order valence-corrected chi connectivity index (χ4v) is 3.74. The van der Waals surface area contributed by atoms with Crippen LogP contribution in [0.25, 0.3) is 0 Å². The highest BCUT2D eigenvalue weighted by Crippen LogP contribution is 2.52. The van der Waals surface area contributed by atoms with Crippen molar-refractivity contribution in [1.29, 1.82) is 0 Å². The first-order valence-electron chi connectivity index (χ1n) is 7.94. The molecule has 0 saturated carbocycles. The fourth-order valence-electron chi connectivity index (χ4n) is 3.74. The van der Waals surface area contributed by atoms with Crippen LogP contribution in [0.2, 0.25) is 0 Å². The van der Waals surface area contributed by atoms with E-state index in [2.05, 4.69) is 0 Å². The van der Waals surface area contributed by atoms with Crippen molar-refractivity contribution in [3.05, 3.63) is 12.2 Å². The molecule has 0 radical (unpaired) electrons. The first kappa shape index (κ1) is 15.5. The molecule has 22 heavy (non-hydrogen) atoms. The predicted molar refractivity (Wildman–Crippen MR) is 78.0 cm³/mol. The van der Waals surface area contributed by atoms with Crippen LogP contribution < -0.4 is 0 Å². The van der Waals surface area contributed by atoms with Crippen LogP contribution in [0.1, 0.15) is 19.8 Å². The molecule has 0 unspecified atom stereocenters. The Hall–Kier alpha value is -1.40. The van der Waals surface area contributed by atoms with Crippen LogP contribution >= 0.6 is 0 Å². The number of nitrogens with zero attached hydrogens (tertiary/aromatic N) is 1. The molecule has 1 amide bonds. The van der Waals surface area contributed by atoms with Gasteiger partial charge in [-0.1, -0.05) is 19.1 Å². The van der Waals surface area contributed by atoms with E-state index >= 15 is 0 Å². The minimum atomic E-state index is -0.634. The molecule has 2 saturated heterocycles. The quantitative estimate of drug-likeness (QED) is 0.395. The van der Waals surface area contributed by atoms with Crippen molar-refractivity contribution in [3.8, 4) is 0 Å². The highest BCUT2D eigenvalue weighted by molar-refractivity contribution is 5.91. The fraction of sp³-hybridized carbons (Fsp3) is 0.750. The van der Waals surface area contributed by atoms with E-state index in [1.165, 1.54) is 0 Å². The summed E-state index contributed by atoms with van der Waals surface area (Å²) in [5, 5.41) is 0. The number of esters is 1. The zero-order chi connectivity index (χ0) is 15.7. The summed E-state index contributed by atoms with van der Waals surface area (Å²) in [5.41, 5.74) is -0.634. The zero-order valence-electron chi connectivity index (χ0n) is 13.1. The summed E-state index contributed by atoms with van der Waals surface area (Å²) < 4.78 is 16.3. The lowest BCUT2D eigenvalue weighted by Crippen LogP contribution is -2.40. The zero-order valence-corrected chi connectivity index (χ0v) is 13.1. The van der Waals surface area contributed by atoms with Gasteiger partial charge in [-0.2, -0.15) is 0 Å². The van der Waals surface area contributed by atoms with Crippen LogP contribution in [0.4, 0.5) is 0 Å². The second-order valence-corrected chi connectivity index (χ2v) is 6.17. The summed E-state index contributed by atoms with van der Waals surface area (Å²) in [6.45, 7) is 4.10. The van der Waals surface area contributed by atoms with Gasteiger partial charge in [-0.3, -0.25) is 9.59 Å². The summed E-state index contributed by atoms with van der Waals surface area (Å²) in [5.74, 6) is -1.25. The monoisotopic (exact) mass is 309 g/mol. The van der Waals surface area contributed by atoms with E-state index in [0.29, 0.717) is 26.3 Å². The Morgan fingerprint density at radius 1 is 1.50 bits per heavy atom. The first-order valence-corrected chi connectivity index (χ1v) is 7.94. The average molecular weight is 309 g/mol. The first-order chi connectivity index (χ1) is 10.6. The summed E-state index contributed by atoms with van der Waals surface area (Å²) in [7, 11) is 1.65. The molecule has 2 bridgehead atoms. The maximum atomic E-state index is 12.7. The van der Waals surface area contributed by atoms with Crippen molar-refractivity contribution in [2.45, 2.75) is 31.5 Å². The van der Waals surface area contributed by atoms with Gasteiger partial charge >= 0.3 is 5.97 Å². The molecule has 3 aliphatic heterocycles. The lowest BCUT2D eigenvalue weighted by molar-refractivity contribution is -0.153. The van der Waals surface area contributed by atoms with Crippen LogP contribution in [0.5, 0.6) is 0 Å². The number of methoxy groups -OCH3 is 1. The molecule has 4 atom stereocenters. The Bertz CT molecular complexity index is 491. The van der Waals surface area contributed by atoms with Gasteiger partial charge in [0.05, 0.1) is 25.2 Å². The molecule has 6 nitrogen and oxygen atoms in total. The number of carbonyl (C=O) groups excluding carboxylic acids is 2. The third-order valence-electron chi connectivity index (χ3n) is 4.68. The third kappa shape index (κ3) is 2.34. The van der Waals surface area contributed by atoms with Crippen molar-refractivity contribution in [1.82, 2.24) is 4.90 Å². The number of hydrogen-bond acceptors (Lipinski definition) is 5. The molecule has 2 fully saturated rings. The van der Waals surface area contributed by atoms with Crippen molar-refractivity contribution < 1.29 is 23.8 Å². The largest absolute Gasteiger partial charge is 0.465 e. The van der Waals surface area contributed by atoms with Gasteiger partial charge in [0.2, 0.25) is 5.91 Å². The lowest BCUT2D eigenvalue weighted by Gasteiger charge is -2.22. The highest BCUT2D eigenvalue weighted by Gasteiger charge is 2.67. The topological polar surface area (TPSA) is 65.1 Å². The SMILES string of the molecule is CCCOC(=O)[C@@H]1[C@H]2C(=O)N(CCCOC)C[C@]23C=C[C@H]1O3. The van der Waals surface area contributed by atoms with E-state index in [4.69, 9.17) is 14.2 Å². The average Bonchev–Trinajstić information content (AvgIpc) is 3.14. The molecular formula is C16H23NO5. The molecule has 0 aromatic carbocycles. The van der Waals surface area contributed by atoms with Gasteiger partial charge in [0.15, 0.2) is 0 Å². The van der Waals surface area contributed by atoms with Gasteiger partial charge in [0.1, 0.15) is 11.5 Å². The highest BCUT2D eigenvalue weighted by atomic mass is 16.6. The Morgan fingerprint density at radius 3 is 3.05 bits per heavy atom. The molecule has 3 rings (SSSR count). The second-order valence-electron chi connectivity index (χ2n) is 6.17. The van der Waals surface area contributed by atoms with Gasteiger partial charge in [0.25, 0.3) is 0 Å². The number of carbonyl (C=O) groups is 2. The Morgan fingerprint density at radius 2 is 2.32 bits per heavy atom. The van der Waals surface area contributed by atoms with Gasteiger partial charge in [-0.05, 0) is 12.8 Å². The summed E-state index contributed by atoms with van der Waals surface area (Å²) in [4.78, 5) is 26.8. The van der Waals surface area contributed by atoms with Gasteiger partial charge in [0, 0.05) is 20.3 Å². The Balaban J connectivity index is 1.73. The molecule has 6 heteroatoms. The molecule has 3 heterocycles. The minimum Gasteiger partial charge on any atom is -0.465 e. The smallest absolute Gasteiger partial charge is 0.312 e. The van der Waals surface area contributed by atoms with Crippen molar-refractivity contribution in [2.75, 3.05) is 33.4 Å². The third-order valence-corrected chi connectivity index (χ3v) is 4.68.